The van der Waals surface area contributed by atoms with E-state index >= 15 is 0 Å². The Balaban J connectivity index is 0.987. The summed E-state index contributed by atoms with van der Waals surface area (Å²) < 4.78 is 21.9. The van der Waals surface area contributed by atoms with Gasteiger partial charge in [-0.15, -0.1) is 11.3 Å². The summed E-state index contributed by atoms with van der Waals surface area (Å²) in [7, 11) is 0. The number of hydrogen-bond acceptors (Lipinski definition) is 3. The van der Waals surface area contributed by atoms with Crippen LogP contribution in [0, 0.1) is 5.95 Å². The second kappa shape index (κ2) is 14.9. The second-order valence-corrected chi connectivity index (χ2v) is 17.6. The monoisotopic (exact) mass is 852 g/mol. The summed E-state index contributed by atoms with van der Waals surface area (Å²) in [5.41, 5.74) is 13.0. The van der Waals surface area contributed by atoms with Crippen molar-refractivity contribution < 1.29 is 4.39 Å². The molecule has 13 aromatic rings. The molecule has 6 heteroatoms. The van der Waals surface area contributed by atoms with Crippen LogP contribution in [0.4, 0.5) is 21.5 Å². The summed E-state index contributed by atoms with van der Waals surface area (Å²) in [6.07, 6.45) is 0. The Kier molecular flexibility index (Phi) is 8.54. The van der Waals surface area contributed by atoms with Gasteiger partial charge in [0.2, 0.25) is 5.95 Å². The quantitative estimate of drug-likeness (QED) is 0.149. The number of benzene rings is 9. The van der Waals surface area contributed by atoms with Gasteiger partial charge in [-0.3, -0.25) is 4.57 Å². The largest absolute Gasteiger partial charge is 0.310 e. The van der Waals surface area contributed by atoms with Crippen molar-refractivity contribution in [3.05, 3.63) is 230 Å². The molecule has 0 bridgehead atoms. The van der Waals surface area contributed by atoms with E-state index in [-0.39, 0.29) is 0 Å². The van der Waals surface area contributed by atoms with Crippen molar-refractivity contribution in [3.8, 4) is 33.8 Å². The zero-order valence-electron chi connectivity index (χ0n) is 34.9. The summed E-state index contributed by atoms with van der Waals surface area (Å²) in [5.74, 6) is 0.0214. The van der Waals surface area contributed by atoms with Crippen LogP contribution in [0.1, 0.15) is 0 Å². The number of fused-ring (bicyclic) bond motifs is 10. The average Bonchev–Trinajstić information content (AvgIpc) is 4.02. The highest BCUT2D eigenvalue weighted by Crippen LogP contribution is 2.45. The molecule has 0 aliphatic rings. The molecule has 0 saturated carbocycles. The minimum Gasteiger partial charge on any atom is -0.310 e. The first-order valence-electron chi connectivity index (χ1n) is 21.8. The number of rotatable bonds is 7. The van der Waals surface area contributed by atoms with Gasteiger partial charge >= 0.3 is 0 Å². The molecule has 0 atom stereocenters. The van der Waals surface area contributed by atoms with Crippen LogP contribution >= 0.6 is 11.3 Å². The number of aromatic nitrogens is 3. The van der Waals surface area contributed by atoms with Crippen molar-refractivity contribution in [2.45, 2.75) is 0 Å². The lowest BCUT2D eigenvalue weighted by molar-refractivity contribution is 0.581. The third-order valence-electron chi connectivity index (χ3n) is 12.8. The molecule has 4 aromatic heterocycles. The number of hydrogen-bond donors (Lipinski definition) is 0. The van der Waals surface area contributed by atoms with Crippen molar-refractivity contribution in [1.29, 1.82) is 0 Å². The van der Waals surface area contributed by atoms with E-state index in [0.717, 1.165) is 72.1 Å². The van der Waals surface area contributed by atoms with Crippen LogP contribution in [0.25, 0.3) is 97.5 Å². The van der Waals surface area contributed by atoms with E-state index in [1.165, 1.54) is 42.8 Å². The van der Waals surface area contributed by atoms with Crippen LogP contribution in [-0.2, 0) is 0 Å². The molecule has 0 saturated heterocycles. The molecule has 0 N–H and O–H groups in total. The van der Waals surface area contributed by atoms with Gasteiger partial charge in [0.15, 0.2) is 0 Å². The van der Waals surface area contributed by atoms with Crippen molar-refractivity contribution in [1.82, 2.24) is 14.1 Å². The molecule has 0 fully saturated rings. The lowest BCUT2D eigenvalue weighted by Gasteiger charge is -2.26. The zero-order valence-corrected chi connectivity index (χ0v) is 35.8. The highest BCUT2D eigenvalue weighted by atomic mass is 32.1. The highest BCUT2D eigenvalue weighted by Gasteiger charge is 2.22. The van der Waals surface area contributed by atoms with Gasteiger partial charge in [-0.05, 0) is 113 Å². The fourth-order valence-corrected chi connectivity index (χ4v) is 11.0. The molecule has 4 nitrogen and oxygen atoms in total. The predicted octanol–water partition coefficient (Wildman–Crippen LogP) is 16.6. The molecule has 306 valence electrons. The minimum atomic E-state index is -0.515. The first-order chi connectivity index (χ1) is 32.1. The Bertz CT molecular complexity index is 3940. The Morgan fingerprint density at radius 1 is 0.385 bits per heavy atom. The molecule has 65 heavy (non-hydrogen) atoms. The topological polar surface area (TPSA) is 26.0 Å². The molecule has 0 aliphatic carbocycles. The van der Waals surface area contributed by atoms with Gasteiger partial charge < -0.3 is 9.47 Å². The van der Waals surface area contributed by atoms with Gasteiger partial charge in [-0.2, -0.15) is 4.39 Å². The average molecular weight is 853 g/mol. The maximum atomic E-state index is 14.9. The number of thiophene rings is 1. The van der Waals surface area contributed by atoms with Crippen LogP contribution in [0.5, 0.6) is 0 Å². The third kappa shape index (κ3) is 6.06. The highest BCUT2D eigenvalue weighted by molar-refractivity contribution is 7.25. The van der Waals surface area contributed by atoms with Gasteiger partial charge in [0, 0.05) is 64.5 Å². The summed E-state index contributed by atoms with van der Waals surface area (Å²) in [4.78, 5) is 6.76. The normalized spacial score (nSPS) is 11.8. The summed E-state index contributed by atoms with van der Waals surface area (Å²) in [6, 6.07) is 78.9. The van der Waals surface area contributed by atoms with Crippen molar-refractivity contribution >= 4 is 92.2 Å². The summed E-state index contributed by atoms with van der Waals surface area (Å²) in [5, 5.41) is 7.05. The smallest absolute Gasteiger partial charge is 0.214 e. The van der Waals surface area contributed by atoms with Crippen LogP contribution in [0.2, 0.25) is 0 Å². The van der Waals surface area contributed by atoms with E-state index in [2.05, 4.69) is 225 Å². The van der Waals surface area contributed by atoms with Gasteiger partial charge in [-0.25, -0.2) is 4.98 Å². The van der Waals surface area contributed by atoms with Gasteiger partial charge in [-0.1, -0.05) is 133 Å². The van der Waals surface area contributed by atoms with Crippen molar-refractivity contribution in [2.75, 3.05) is 4.90 Å². The second-order valence-electron chi connectivity index (χ2n) is 16.5. The zero-order chi connectivity index (χ0) is 43.0. The molecule has 13 rings (SSSR count). The minimum absolute atomic E-state index is 0.515. The Morgan fingerprint density at radius 3 is 1.74 bits per heavy atom. The molecule has 9 aromatic carbocycles. The molecule has 4 heterocycles. The Morgan fingerprint density at radius 2 is 0.969 bits per heavy atom. The van der Waals surface area contributed by atoms with Crippen molar-refractivity contribution in [2.24, 2.45) is 0 Å². The number of anilines is 3. The summed E-state index contributed by atoms with van der Waals surface area (Å²) >= 11 is 1.83. The van der Waals surface area contributed by atoms with E-state index in [0.29, 0.717) is 5.82 Å². The van der Waals surface area contributed by atoms with Crippen molar-refractivity contribution in [3.63, 3.8) is 0 Å². The molecule has 0 spiro atoms. The molecule has 0 unspecified atom stereocenters. The van der Waals surface area contributed by atoms with E-state index in [1.54, 1.807) is 6.07 Å². The fourth-order valence-electron chi connectivity index (χ4n) is 9.89. The third-order valence-corrected chi connectivity index (χ3v) is 14.0. The van der Waals surface area contributed by atoms with Gasteiger partial charge in [0.1, 0.15) is 5.82 Å². The predicted molar refractivity (Wildman–Crippen MR) is 271 cm³/mol. The standard InChI is InChI=1S/C59H37FN4S/c60-56-20-11-21-57(61-56)64-52-34-26-41(36-50(52)58-53(64)35-33-49-46-16-7-9-18-51(46)63(59(49)58)42-14-5-2-6-15-42)40-24-29-44(30-25-40)62(43-27-22-39(23-28-43)38-12-3-1-4-13-38)45-31-32-48-47-17-8-10-19-54(47)65-55(48)37-45/h1-37H. The number of para-hydroxylation sites is 2. The maximum Gasteiger partial charge on any atom is 0.214 e. The lowest BCUT2D eigenvalue weighted by atomic mass is 10.0. The number of nitrogens with zero attached hydrogens (tertiary/aromatic N) is 4. The Labute approximate surface area is 377 Å². The molecular weight excluding hydrogens is 816 g/mol. The maximum absolute atomic E-state index is 14.9. The number of pyridine rings is 1. The van der Waals surface area contributed by atoms with E-state index in [4.69, 9.17) is 0 Å². The van der Waals surface area contributed by atoms with Crippen LogP contribution in [-0.4, -0.2) is 14.1 Å². The fraction of sp³-hybridized carbons (Fsp3) is 0. The summed E-state index contributed by atoms with van der Waals surface area (Å²) in [6.45, 7) is 0. The molecule has 0 amide bonds. The lowest BCUT2D eigenvalue weighted by Crippen LogP contribution is -2.09. The van der Waals surface area contributed by atoms with E-state index in [1.807, 2.05) is 17.4 Å². The number of halogens is 1. The van der Waals surface area contributed by atoms with Gasteiger partial charge in [0.25, 0.3) is 0 Å². The first kappa shape index (κ1) is 37.3. The van der Waals surface area contributed by atoms with Crippen LogP contribution < -0.4 is 4.90 Å². The van der Waals surface area contributed by atoms with Crippen LogP contribution in [0.15, 0.2) is 224 Å². The van der Waals surface area contributed by atoms with Crippen LogP contribution in [0.3, 0.4) is 0 Å². The van der Waals surface area contributed by atoms with E-state index < -0.39 is 5.95 Å². The SMILES string of the molecule is Fc1cccc(-n2c3ccc(-c4ccc(N(c5ccc(-c6ccccc6)cc5)c5ccc6c(c5)sc5ccccc56)cc4)cc3c3c2ccc2c4ccccc4n(-c4ccccc4)c23)n1. The molecular formula is C59H37FN4S. The Hall–Kier alpha value is -8.32. The van der Waals surface area contributed by atoms with Gasteiger partial charge in [0.05, 0.1) is 22.1 Å². The molecule has 0 radical (unpaired) electrons. The first-order valence-corrected chi connectivity index (χ1v) is 22.6. The van der Waals surface area contributed by atoms with E-state index in [9.17, 15) is 4.39 Å². The molecule has 0 aliphatic heterocycles.